The van der Waals surface area contributed by atoms with Crippen LogP contribution < -0.4 is 20.1 Å². The van der Waals surface area contributed by atoms with Crippen molar-refractivity contribution < 1.29 is 14.2 Å². The SMILES string of the molecule is CCCCCNC(=NC)NCC1(c2ccc3c(c2)OCO3)CCOCC1. The molecule has 0 saturated carbocycles. The van der Waals surface area contributed by atoms with Crippen LogP contribution in [0.4, 0.5) is 0 Å². The van der Waals surface area contributed by atoms with Crippen molar-refractivity contribution in [3.63, 3.8) is 0 Å². The van der Waals surface area contributed by atoms with Gasteiger partial charge in [-0.1, -0.05) is 25.8 Å². The van der Waals surface area contributed by atoms with Crippen LogP contribution in [-0.2, 0) is 10.2 Å². The van der Waals surface area contributed by atoms with Crippen LogP contribution in [0.5, 0.6) is 11.5 Å². The lowest BCUT2D eigenvalue weighted by Crippen LogP contribution is -2.48. The van der Waals surface area contributed by atoms with Gasteiger partial charge in [0, 0.05) is 38.8 Å². The quantitative estimate of drug-likeness (QED) is 0.444. The molecule has 0 unspecified atom stereocenters. The number of hydrogen-bond donors (Lipinski definition) is 2. The first kappa shape index (κ1) is 18.8. The van der Waals surface area contributed by atoms with Gasteiger partial charge in [-0.15, -0.1) is 0 Å². The molecular weight excluding hydrogens is 330 g/mol. The van der Waals surface area contributed by atoms with Gasteiger partial charge in [0.15, 0.2) is 17.5 Å². The van der Waals surface area contributed by atoms with Crippen LogP contribution >= 0.6 is 0 Å². The number of benzene rings is 1. The summed E-state index contributed by atoms with van der Waals surface area (Å²) in [6.45, 7) is 5.85. The molecule has 2 N–H and O–H groups in total. The molecule has 0 amide bonds. The summed E-state index contributed by atoms with van der Waals surface area (Å²) < 4.78 is 16.7. The van der Waals surface area contributed by atoms with E-state index in [1.807, 2.05) is 13.1 Å². The molecule has 0 atom stereocenters. The fraction of sp³-hybridized carbons (Fsp3) is 0.650. The second-order valence-corrected chi connectivity index (χ2v) is 7.02. The van der Waals surface area contributed by atoms with Gasteiger partial charge >= 0.3 is 0 Å². The molecule has 3 rings (SSSR count). The van der Waals surface area contributed by atoms with Crippen molar-refractivity contribution >= 4 is 5.96 Å². The highest BCUT2D eigenvalue weighted by Crippen LogP contribution is 2.40. The minimum atomic E-state index is 0.0142. The Morgan fingerprint density at radius 1 is 1.12 bits per heavy atom. The third-order valence-corrected chi connectivity index (χ3v) is 5.33. The smallest absolute Gasteiger partial charge is 0.231 e. The molecule has 1 fully saturated rings. The average Bonchev–Trinajstić information content (AvgIpc) is 3.16. The van der Waals surface area contributed by atoms with E-state index in [1.54, 1.807) is 0 Å². The molecule has 26 heavy (non-hydrogen) atoms. The predicted octanol–water partition coefficient (Wildman–Crippen LogP) is 2.82. The molecule has 0 radical (unpaired) electrons. The highest BCUT2D eigenvalue weighted by molar-refractivity contribution is 5.79. The van der Waals surface area contributed by atoms with E-state index >= 15 is 0 Å². The third-order valence-electron chi connectivity index (χ3n) is 5.33. The first-order valence-corrected chi connectivity index (χ1v) is 9.70. The first-order chi connectivity index (χ1) is 12.8. The molecule has 0 aromatic heterocycles. The van der Waals surface area contributed by atoms with Gasteiger partial charge in [0.05, 0.1) is 0 Å². The number of unbranched alkanes of at least 4 members (excludes halogenated alkanes) is 2. The lowest BCUT2D eigenvalue weighted by atomic mass is 9.74. The molecule has 2 aliphatic heterocycles. The van der Waals surface area contributed by atoms with Crippen LogP contribution in [0.3, 0.4) is 0 Å². The highest BCUT2D eigenvalue weighted by atomic mass is 16.7. The molecule has 144 valence electrons. The van der Waals surface area contributed by atoms with Gasteiger partial charge in [0.25, 0.3) is 0 Å². The van der Waals surface area contributed by atoms with Crippen molar-refractivity contribution in [2.45, 2.75) is 44.4 Å². The average molecular weight is 361 g/mol. The fourth-order valence-electron chi connectivity index (χ4n) is 3.61. The fourth-order valence-corrected chi connectivity index (χ4v) is 3.61. The van der Waals surface area contributed by atoms with Gasteiger partial charge in [0.2, 0.25) is 6.79 Å². The molecule has 0 bridgehead atoms. The zero-order valence-corrected chi connectivity index (χ0v) is 16.0. The topological polar surface area (TPSA) is 64.1 Å². The number of ether oxygens (including phenoxy) is 3. The van der Waals surface area contributed by atoms with Crippen molar-refractivity contribution in [3.8, 4) is 11.5 Å². The molecule has 0 spiro atoms. The Kier molecular flexibility index (Phi) is 6.61. The van der Waals surface area contributed by atoms with E-state index in [1.165, 1.54) is 24.8 Å². The summed E-state index contributed by atoms with van der Waals surface area (Å²) >= 11 is 0. The van der Waals surface area contributed by atoms with E-state index in [0.717, 1.165) is 56.6 Å². The zero-order valence-electron chi connectivity index (χ0n) is 16.0. The highest BCUT2D eigenvalue weighted by Gasteiger charge is 2.35. The Hall–Kier alpha value is -1.95. The maximum atomic E-state index is 5.63. The largest absolute Gasteiger partial charge is 0.454 e. The predicted molar refractivity (Wildman–Crippen MR) is 103 cm³/mol. The number of aliphatic imine (C=N–C) groups is 1. The molecular formula is C20H31N3O3. The van der Waals surface area contributed by atoms with Crippen LogP contribution in [-0.4, -0.2) is 46.1 Å². The summed E-state index contributed by atoms with van der Waals surface area (Å²) in [5.74, 6) is 2.54. The number of fused-ring (bicyclic) bond motifs is 1. The standard InChI is InChI=1S/C20H31N3O3/c1-3-4-5-10-22-19(21-2)23-14-20(8-11-24-12-9-20)16-6-7-17-18(13-16)26-15-25-17/h6-7,13H,3-5,8-12,14-15H2,1-2H3,(H2,21,22,23). The van der Waals surface area contributed by atoms with Crippen LogP contribution in [0.2, 0.25) is 0 Å². The van der Waals surface area contributed by atoms with Crippen molar-refractivity contribution in [1.29, 1.82) is 0 Å². The summed E-state index contributed by atoms with van der Waals surface area (Å²) in [5.41, 5.74) is 1.29. The van der Waals surface area contributed by atoms with Gasteiger partial charge in [-0.3, -0.25) is 4.99 Å². The summed E-state index contributed by atoms with van der Waals surface area (Å²) in [5, 5.41) is 6.95. The maximum absolute atomic E-state index is 5.63. The Balaban J connectivity index is 1.67. The van der Waals surface area contributed by atoms with Crippen LogP contribution in [0.25, 0.3) is 0 Å². The Labute approximate surface area is 156 Å². The summed E-state index contributed by atoms with van der Waals surface area (Å²) in [4.78, 5) is 4.37. The molecule has 2 aliphatic rings. The summed E-state index contributed by atoms with van der Waals surface area (Å²) in [7, 11) is 1.83. The molecule has 6 nitrogen and oxygen atoms in total. The van der Waals surface area contributed by atoms with Crippen LogP contribution in [0, 0.1) is 0 Å². The van der Waals surface area contributed by atoms with Gasteiger partial charge in [-0.25, -0.2) is 0 Å². The van der Waals surface area contributed by atoms with E-state index in [2.05, 4.69) is 34.7 Å². The molecule has 6 heteroatoms. The minimum Gasteiger partial charge on any atom is -0.454 e. The van der Waals surface area contributed by atoms with Crippen LogP contribution in [0.1, 0.15) is 44.6 Å². The van der Waals surface area contributed by atoms with Gasteiger partial charge in [-0.2, -0.15) is 0 Å². The monoisotopic (exact) mass is 361 g/mol. The molecule has 1 aromatic carbocycles. The zero-order chi connectivity index (χ0) is 18.2. The van der Waals surface area contributed by atoms with E-state index in [9.17, 15) is 0 Å². The Morgan fingerprint density at radius 3 is 2.69 bits per heavy atom. The third kappa shape index (κ3) is 4.41. The second-order valence-electron chi connectivity index (χ2n) is 7.02. The number of nitrogens with zero attached hydrogens (tertiary/aromatic N) is 1. The lowest BCUT2D eigenvalue weighted by molar-refractivity contribution is 0.0513. The Morgan fingerprint density at radius 2 is 1.92 bits per heavy atom. The summed E-state index contributed by atoms with van der Waals surface area (Å²) in [6, 6.07) is 6.32. The van der Waals surface area contributed by atoms with E-state index in [-0.39, 0.29) is 5.41 Å². The second kappa shape index (κ2) is 9.12. The molecule has 2 heterocycles. The number of hydrogen-bond acceptors (Lipinski definition) is 4. The number of guanidine groups is 1. The molecule has 1 aromatic rings. The van der Waals surface area contributed by atoms with E-state index in [0.29, 0.717) is 6.79 Å². The van der Waals surface area contributed by atoms with E-state index < -0.39 is 0 Å². The maximum Gasteiger partial charge on any atom is 0.231 e. The van der Waals surface area contributed by atoms with Crippen LogP contribution in [0.15, 0.2) is 23.2 Å². The van der Waals surface area contributed by atoms with Crippen molar-refractivity contribution in [3.05, 3.63) is 23.8 Å². The summed E-state index contributed by atoms with van der Waals surface area (Å²) in [6.07, 6.45) is 5.58. The van der Waals surface area contributed by atoms with Gasteiger partial charge < -0.3 is 24.8 Å². The molecule has 0 aliphatic carbocycles. The molecule has 1 saturated heterocycles. The van der Waals surface area contributed by atoms with Gasteiger partial charge in [-0.05, 0) is 37.0 Å². The first-order valence-electron chi connectivity index (χ1n) is 9.70. The number of rotatable bonds is 7. The van der Waals surface area contributed by atoms with Gasteiger partial charge in [0.1, 0.15) is 0 Å². The lowest BCUT2D eigenvalue weighted by Gasteiger charge is -2.38. The number of nitrogens with one attached hydrogen (secondary N) is 2. The minimum absolute atomic E-state index is 0.0142. The Bertz CT molecular complexity index is 612. The van der Waals surface area contributed by atoms with Crippen molar-refractivity contribution in [1.82, 2.24) is 10.6 Å². The van der Waals surface area contributed by atoms with E-state index in [4.69, 9.17) is 14.2 Å². The van der Waals surface area contributed by atoms with Crippen molar-refractivity contribution in [2.24, 2.45) is 4.99 Å². The van der Waals surface area contributed by atoms with Crippen molar-refractivity contribution in [2.75, 3.05) is 40.1 Å². The normalized spacial score (nSPS) is 18.6.